The molecule has 0 bridgehead atoms. The zero-order chi connectivity index (χ0) is 27.8. The molecule has 1 aromatic heterocycles. The molecule has 2 aliphatic heterocycles. The Morgan fingerprint density at radius 3 is 1.46 bits per heavy atom. The number of para-hydroxylation sites is 2. The topological polar surface area (TPSA) is 64.0 Å². The van der Waals surface area contributed by atoms with Crippen LogP contribution in [0.4, 0.5) is 0 Å². The average molecular weight is 534 g/mol. The number of morpholine rings is 2. The van der Waals surface area contributed by atoms with Crippen LogP contribution in [0.5, 0.6) is 0 Å². The molecule has 210 valence electrons. The van der Waals surface area contributed by atoms with E-state index in [1.165, 1.54) is 0 Å². The molecule has 7 nitrogen and oxygen atoms in total. The molecule has 0 atom stereocenters. The number of benzene rings is 2. The molecule has 0 saturated carbocycles. The zero-order valence-corrected chi connectivity index (χ0v) is 24.2. The van der Waals surface area contributed by atoms with E-state index in [0.717, 1.165) is 21.8 Å². The Kier molecular flexibility index (Phi) is 7.72. The van der Waals surface area contributed by atoms with E-state index in [4.69, 9.17) is 9.47 Å². The lowest BCUT2D eigenvalue weighted by molar-refractivity contribution is -0.155. The van der Waals surface area contributed by atoms with Crippen LogP contribution in [0, 0.1) is 0 Å². The van der Waals surface area contributed by atoms with Gasteiger partial charge in [0, 0.05) is 37.0 Å². The van der Waals surface area contributed by atoms with Crippen molar-refractivity contribution in [2.24, 2.45) is 0 Å². The Bertz CT molecular complexity index is 1250. The maximum absolute atomic E-state index is 15.4. The van der Waals surface area contributed by atoms with E-state index >= 15 is 9.59 Å². The first-order valence-corrected chi connectivity index (χ1v) is 14.4. The molecule has 2 fully saturated rings. The van der Waals surface area contributed by atoms with Crippen LogP contribution in [0.25, 0.3) is 21.8 Å². The number of rotatable bonds is 9. The van der Waals surface area contributed by atoms with Crippen LogP contribution >= 0.6 is 0 Å². The second-order valence-corrected chi connectivity index (χ2v) is 12.0. The molecule has 0 N–H and O–H groups in total. The van der Waals surface area contributed by atoms with E-state index < -0.39 is 16.6 Å². The highest BCUT2D eigenvalue weighted by molar-refractivity contribution is 6.19. The molecule has 0 radical (unpaired) electrons. The molecule has 3 heterocycles. The predicted molar refractivity (Wildman–Crippen MR) is 155 cm³/mol. The monoisotopic (exact) mass is 533 g/mol. The zero-order valence-electron chi connectivity index (χ0n) is 24.2. The van der Waals surface area contributed by atoms with Gasteiger partial charge in [-0.1, -0.05) is 49.7 Å². The molecular weight excluding hydrogens is 490 g/mol. The van der Waals surface area contributed by atoms with Gasteiger partial charge in [-0.15, -0.1) is 0 Å². The first-order chi connectivity index (χ1) is 18.7. The summed E-state index contributed by atoms with van der Waals surface area (Å²) in [6.45, 7) is 15.0. The van der Waals surface area contributed by atoms with Crippen molar-refractivity contribution in [3.8, 4) is 0 Å². The number of carbonyl (C=O) groups is 2. The summed E-state index contributed by atoms with van der Waals surface area (Å²) in [7, 11) is 0. The lowest BCUT2D eigenvalue weighted by atomic mass is 9.70. The van der Waals surface area contributed by atoms with E-state index in [0.29, 0.717) is 65.4 Å². The minimum atomic E-state index is -1.40. The van der Waals surface area contributed by atoms with Crippen molar-refractivity contribution in [1.29, 1.82) is 0 Å². The van der Waals surface area contributed by atoms with Crippen LogP contribution in [0.1, 0.15) is 47.5 Å². The number of hydrogen-bond donors (Lipinski definition) is 0. The Balaban J connectivity index is 1.81. The molecule has 39 heavy (non-hydrogen) atoms. The number of carbonyl (C=O) groups excluding carboxylic acids is 2. The van der Waals surface area contributed by atoms with Gasteiger partial charge in [0.25, 0.3) is 0 Å². The highest BCUT2D eigenvalue weighted by Gasteiger charge is 2.59. The SMILES string of the molecule is CCCC(C(=O)C(C)(C)N1CCOCC1)(C(=O)C(C)(C)N1CCOCC1)n1c2ccccc2c2ccccc21. The third-order valence-electron chi connectivity index (χ3n) is 9.04. The van der Waals surface area contributed by atoms with Crippen LogP contribution in [0.3, 0.4) is 0 Å². The summed E-state index contributed by atoms with van der Waals surface area (Å²) in [6, 6.07) is 16.4. The quantitative estimate of drug-likeness (QED) is 0.373. The van der Waals surface area contributed by atoms with Crippen molar-refractivity contribution < 1.29 is 19.1 Å². The fourth-order valence-corrected chi connectivity index (χ4v) is 6.88. The average Bonchev–Trinajstić information content (AvgIpc) is 3.31. The summed E-state index contributed by atoms with van der Waals surface area (Å²) < 4.78 is 13.4. The highest BCUT2D eigenvalue weighted by Crippen LogP contribution is 2.43. The lowest BCUT2D eigenvalue weighted by Crippen LogP contribution is -2.68. The molecule has 0 aliphatic carbocycles. The van der Waals surface area contributed by atoms with Crippen molar-refractivity contribution >= 4 is 33.4 Å². The normalized spacial score (nSPS) is 18.6. The number of nitrogens with zero attached hydrogens (tertiary/aromatic N) is 3. The number of aromatic nitrogens is 1. The number of Topliss-reactive ketones (excluding diaryl/α,β-unsaturated/α-hetero) is 2. The van der Waals surface area contributed by atoms with Gasteiger partial charge >= 0.3 is 0 Å². The molecule has 5 rings (SSSR count). The minimum Gasteiger partial charge on any atom is -0.379 e. The largest absolute Gasteiger partial charge is 0.379 e. The summed E-state index contributed by atoms with van der Waals surface area (Å²) in [5.74, 6) is -0.0896. The van der Waals surface area contributed by atoms with E-state index in [2.05, 4.69) is 45.6 Å². The van der Waals surface area contributed by atoms with E-state index in [-0.39, 0.29) is 11.6 Å². The third-order valence-corrected chi connectivity index (χ3v) is 9.04. The molecule has 7 heteroatoms. The number of hydrogen-bond acceptors (Lipinski definition) is 6. The summed E-state index contributed by atoms with van der Waals surface area (Å²) in [4.78, 5) is 35.1. The van der Waals surface area contributed by atoms with E-state index in [9.17, 15) is 0 Å². The van der Waals surface area contributed by atoms with E-state index in [1.54, 1.807) is 0 Å². The van der Waals surface area contributed by atoms with Gasteiger partial charge in [0.15, 0.2) is 17.1 Å². The maximum Gasteiger partial charge on any atom is 0.186 e. The van der Waals surface area contributed by atoms with Crippen LogP contribution in [0.15, 0.2) is 48.5 Å². The highest BCUT2D eigenvalue weighted by atomic mass is 16.5. The first-order valence-electron chi connectivity index (χ1n) is 14.4. The van der Waals surface area contributed by atoms with Gasteiger partial charge in [0.2, 0.25) is 0 Å². The van der Waals surface area contributed by atoms with Gasteiger partial charge in [-0.25, -0.2) is 0 Å². The van der Waals surface area contributed by atoms with Crippen LogP contribution in [0.2, 0.25) is 0 Å². The third kappa shape index (κ3) is 4.53. The second kappa shape index (κ2) is 10.8. The van der Waals surface area contributed by atoms with Gasteiger partial charge in [-0.2, -0.15) is 0 Å². The Labute approximate surface area is 232 Å². The summed E-state index contributed by atoms with van der Waals surface area (Å²) >= 11 is 0. The van der Waals surface area contributed by atoms with Crippen molar-refractivity contribution in [2.45, 2.75) is 64.1 Å². The lowest BCUT2D eigenvalue weighted by Gasteiger charge is -2.49. The minimum absolute atomic E-state index is 0.0448. The van der Waals surface area contributed by atoms with E-state index in [1.807, 2.05) is 52.0 Å². The van der Waals surface area contributed by atoms with Gasteiger partial charge in [-0.3, -0.25) is 19.4 Å². The number of ether oxygens (including phenoxy) is 2. The molecule has 0 amide bonds. The van der Waals surface area contributed by atoms with Crippen LogP contribution in [-0.2, 0) is 24.6 Å². The van der Waals surface area contributed by atoms with Crippen LogP contribution < -0.4 is 0 Å². The fraction of sp³-hybridized carbons (Fsp3) is 0.562. The van der Waals surface area contributed by atoms with Crippen molar-refractivity contribution in [1.82, 2.24) is 14.4 Å². The molecule has 0 unspecified atom stereocenters. The van der Waals surface area contributed by atoms with Gasteiger partial charge in [0.05, 0.1) is 48.5 Å². The molecule has 3 aromatic rings. The number of ketones is 2. The standard InChI is InChI=1S/C32H43N3O4/c1-6-15-32(28(36)30(2,3)33-16-20-38-21-17-33,29(37)31(4,5)34-18-22-39-23-19-34)35-26-13-9-7-11-24(26)25-12-8-10-14-27(25)35/h7-14H,6,15-23H2,1-5H3. The Hall–Kier alpha value is -2.58. The molecule has 2 aliphatic rings. The van der Waals surface area contributed by atoms with Crippen molar-refractivity contribution in [3.63, 3.8) is 0 Å². The summed E-state index contributed by atoms with van der Waals surface area (Å²) in [5, 5.41) is 2.12. The second-order valence-electron chi connectivity index (χ2n) is 12.0. The predicted octanol–water partition coefficient (Wildman–Crippen LogP) is 4.65. The molecule has 2 saturated heterocycles. The van der Waals surface area contributed by atoms with Crippen LogP contribution in [-0.4, -0.2) is 89.6 Å². The molecule has 0 spiro atoms. The maximum atomic E-state index is 15.4. The first kappa shape index (κ1) is 28.0. The smallest absolute Gasteiger partial charge is 0.186 e. The van der Waals surface area contributed by atoms with Gasteiger partial charge < -0.3 is 14.0 Å². The number of fused-ring (bicyclic) bond motifs is 3. The Morgan fingerprint density at radius 1 is 0.692 bits per heavy atom. The molecular formula is C32H43N3O4. The Morgan fingerprint density at radius 2 is 1.08 bits per heavy atom. The van der Waals surface area contributed by atoms with Gasteiger partial charge in [-0.05, 0) is 46.2 Å². The fourth-order valence-electron chi connectivity index (χ4n) is 6.88. The van der Waals surface area contributed by atoms with Crippen molar-refractivity contribution in [2.75, 3.05) is 52.6 Å². The van der Waals surface area contributed by atoms with Crippen molar-refractivity contribution in [3.05, 3.63) is 48.5 Å². The summed E-state index contributed by atoms with van der Waals surface area (Å²) in [5.41, 5.74) is -1.31. The molecule has 2 aromatic carbocycles. The summed E-state index contributed by atoms with van der Waals surface area (Å²) in [6.07, 6.45) is 1.12. The van der Waals surface area contributed by atoms with Gasteiger partial charge in [0.1, 0.15) is 0 Å².